The molecule has 1 heteroatoms. The molecule has 0 saturated carbocycles. The van der Waals surface area contributed by atoms with Crippen molar-refractivity contribution in [3.63, 3.8) is 0 Å². The van der Waals surface area contributed by atoms with Crippen molar-refractivity contribution in [2.24, 2.45) is 0 Å². The van der Waals surface area contributed by atoms with Gasteiger partial charge in [-0.1, -0.05) is 31.5 Å². The third kappa shape index (κ3) is 2.25. The molecule has 0 aromatic heterocycles. The number of benzene rings is 1. The maximum absolute atomic E-state index is 5.95. The van der Waals surface area contributed by atoms with Gasteiger partial charge in [-0.15, -0.1) is 0 Å². The zero-order chi connectivity index (χ0) is 9.14. The smallest absolute Gasteiger partial charge is 0.0411 e. The Morgan fingerprint density at radius 3 is 2.58 bits per heavy atom. The van der Waals surface area contributed by atoms with Crippen LogP contribution in [0, 0.1) is 6.92 Å². The molecule has 0 aliphatic rings. The maximum Gasteiger partial charge on any atom is 0.0411 e. The Balaban J connectivity index is 3.06. The summed E-state index contributed by atoms with van der Waals surface area (Å²) in [6.45, 7) is 8.17. The van der Waals surface area contributed by atoms with Gasteiger partial charge in [0.2, 0.25) is 0 Å². The monoisotopic (exact) mass is 181 g/mol. The fraction of sp³-hybridized carbons (Fsp3) is 0.364. The molecule has 0 aliphatic heterocycles. The van der Waals surface area contributed by atoms with Crippen LogP contribution in [-0.4, -0.2) is 0 Å². The lowest BCUT2D eigenvalue weighted by atomic mass is 10.00. The highest BCUT2D eigenvalue weighted by Crippen LogP contribution is 2.21. The van der Waals surface area contributed by atoms with Gasteiger partial charge >= 0.3 is 0 Å². The second-order valence-electron chi connectivity index (χ2n) is 3.15. The third-order valence-corrected chi connectivity index (χ3v) is 2.18. The molecule has 0 bridgehead atoms. The van der Waals surface area contributed by atoms with Gasteiger partial charge in [-0.2, -0.15) is 0 Å². The summed E-state index contributed by atoms with van der Waals surface area (Å²) in [5.74, 6) is 0.314. The Kier molecular flexibility index (Phi) is 3.16. The van der Waals surface area contributed by atoms with Crippen LogP contribution in [0.2, 0.25) is 5.02 Å². The molecule has 1 aromatic carbocycles. The minimum absolute atomic E-state index is 0.314. The van der Waals surface area contributed by atoms with Crippen LogP contribution in [0.25, 0.3) is 0 Å². The van der Waals surface area contributed by atoms with E-state index in [0.717, 1.165) is 11.4 Å². The molecule has 1 aromatic rings. The van der Waals surface area contributed by atoms with Crippen molar-refractivity contribution in [2.75, 3.05) is 0 Å². The summed E-state index contributed by atoms with van der Waals surface area (Å²) in [5.41, 5.74) is 2.51. The molecule has 0 spiro atoms. The van der Waals surface area contributed by atoms with E-state index in [4.69, 9.17) is 11.6 Å². The Morgan fingerprint density at radius 1 is 1.42 bits per heavy atom. The summed E-state index contributed by atoms with van der Waals surface area (Å²) >= 11 is 5.95. The molecule has 0 amide bonds. The lowest BCUT2D eigenvalue weighted by Crippen LogP contribution is -1.90. The second-order valence-corrected chi connectivity index (χ2v) is 3.58. The Morgan fingerprint density at radius 2 is 2.08 bits per heavy atom. The van der Waals surface area contributed by atoms with Gasteiger partial charge in [0.05, 0.1) is 0 Å². The molecule has 0 nitrogen and oxygen atoms in total. The van der Waals surface area contributed by atoms with Crippen molar-refractivity contribution in [3.05, 3.63) is 41.3 Å². The minimum Gasteiger partial charge on any atom is -0.0843 e. The van der Waals surface area contributed by atoms with Gasteiger partial charge in [0.25, 0.3) is 0 Å². The summed E-state index contributed by atoms with van der Waals surface area (Å²) in [4.78, 5) is 0. The summed E-state index contributed by atoms with van der Waals surface area (Å²) in [6.07, 6.45) is 1.03. The van der Waals surface area contributed by atoms with E-state index in [2.05, 4.69) is 26.8 Å². The molecule has 0 saturated heterocycles. The number of halogens is 1. The molecule has 1 atom stereocenters. The molecule has 1 radical (unpaired) electrons. The van der Waals surface area contributed by atoms with Gasteiger partial charge in [0.15, 0.2) is 0 Å². The van der Waals surface area contributed by atoms with E-state index in [1.807, 2.05) is 12.1 Å². The molecule has 0 N–H and O–H groups in total. The molecule has 0 aliphatic carbocycles. The molecule has 65 valence electrons. The van der Waals surface area contributed by atoms with Crippen molar-refractivity contribution in [1.29, 1.82) is 0 Å². The van der Waals surface area contributed by atoms with E-state index >= 15 is 0 Å². The van der Waals surface area contributed by atoms with Crippen molar-refractivity contribution in [3.8, 4) is 0 Å². The molecular formula is C11H14Cl. The van der Waals surface area contributed by atoms with Gasteiger partial charge in [0, 0.05) is 5.02 Å². The second kappa shape index (κ2) is 3.95. The quantitative estimate of drug-likeness (QED) is 0.651. The first-order valence-corrected chi connectivity index (χ1v) is 4.63. The van der Waals surface area contributed by atoms with Crippen LogP contribution in [-0.2, 0) is 6.42 Å². The molecule has 12 heavy (non-hydrogen) atoms. The van der Waals surface area contributed by atoms with Crippen molar-refractivity contribution < 1.29 is 0 Å². The largest absolute Gasteiger partial charge is 0.0843 e. The number of hydrogen-bond donors (Lipinski definition) is 0. The Hall–Kier alpha value is -0.490. The predicted octanol–water partition coefficient (Wildman–Crippen LogP) is 3.84. The number of rotatable bonds is 2. The predicted molar refractivity (Wildman–Crippen MR) is 54.6 cm³/mol. The minimum atomic E-state index is 0.314. The van der Waals surface area contributed by atoms with E-state index in [-0.39, 0.29) is 0 Å². The van der Waals surface area contributed by atoms with Crippen molar-refractivity contribution in [1.82, 2.24) is 0 Å². The first-order chi connectivity index (χ1) is 5.63. The highest BCUT2D eigenvalue weighted by molar-refractivity contribution is 6.30. The number of hydrogen-bond acceptors (Lipinski definition) is 0. The first kappa shape index (κ1) is 9.60. The Labute approximate surface area is 79.6 Å². The normalized spacial score (nSPS) is 10.8. The molecule has 1 unspecified atom stereocenters. The lowest BCUT2D eigenvalue weighted by molar-refractivity contribution is 0.955. The van der Waals surface area contributed by atoms with Crippen LogP contribution >= 0.6 is 11.6 Å². The van der Waals surface area contributed by atoms with Crippen molar-refractivity contribution >= 4 is 11.6 Å². The summed E-state index contributed by atoms with van der Waals surface area (Å²) in [7, 11) is 0. The van der Waals surface area contributed by atoms with Crippen molar-refractivity contribution in [2.45, 2.75) is 26.2 Å². The fourth-order valence-corrected chi connectivity index (χ4v) is 1.43. The summed E-state index contributed by atoms with van der Waals surface area (Å²) in [6, 6.07) is 6.16. The third-order valence-electron chi connectivity index (χ3n) is 1.96. The zero-order valence-electron chi connectivity index (χ0n) is 7.60. The Bertz CT molecular complexity index is 264. The first-order valence-electron chi connectivity index (χ1n) is 4.26. The van der Waals surface area contributed by atoms with E-state index in [0.29, 0.717) is 5.92 Å². The average molecular weight is 182 g/mol. The summed E-state index contributed by atoms with van der Waals surface area (Å²) in [5, 5.41) is 0.819. The van der Waals surface area contributed by atoms with Crippen LogP contribution < -0.4 is 0 Å². The van der Waals surface area contributed by atoms with Gasteiger partial charge in [0.1, 0.15) is 0 Å². The standard InChI is InChI=1S/C11H14Cl/c1-4-9-5-10(8(2)3)7-11(12)6-9/h5-8H,2,4H2,1,3H3. The molecular weight excluding hydrogens is 168 g/mol. The average Bonchev–Trinajstić information content (AvgIpc) is 2.03. The molecule has 1 rings (SSSR count). The molecule has 0 heterocycles. The lowest BCUT2D eigenvalue weighted by Gasteiger charge is -2.07. The van der Waals surface area contributed by atoms with Gasteiger partial charge < -0.3 is 0 Å². The van der Waals surface area contributed by atoms with Crippen LogP contribution in [0.1, 0.15) is 30.9 Å². The zero-order valence-corrected chi connectivity index (χ0v) is 8.36. The highest BCUT2D eigenvalue weighted by atomic mass is 35.5. The van der Waals surface area contributed by atoms with E-state index in [1.54, 1.807) is 0 Å². The van der Waals surface area contributed by atoms with Crippen LogP contribution in [0.3, 0.4) is 0 Å². The van der Waals surface area contributed by atoms with Crippen LogP contribution in [0.15, 0.2) is 18.2 Å². The maximum atomic E-state index is 5.95. The van der Waals surface area contributed by atoms with Crippen LogP contribution in [0.4, 0.5) is 0 Å². The van der Waals surface area contributed by atoms with Gasteiger partial charge in [-0.3, -0.25) is 0 Å². The van der Waals surface area contributed by atoms with E-state index < -0.39 is 0 Å². The SMILES string of the molecule is [CH2]C(C)c1cc(Cl)cc(CC)c1. The van der Waals surface area contributed by atoms with E-state index in [9.17, 15) is 0 Å². The van der Waals surface area contributed by atoms with Gasteiger partial charge in [-0.05, 0) is 42.5 Å². The fourth-order valence-electron chi connectivity index (χ4n) is 1.16. The van der Waals surface area contributed by atoms with Gasteiger partial charge in [-0.25, -0.2) is 0 Å². The molecule has 0 fully saturated rings. The van der Waals surface area contributed by atoms with Crippen LogP contribution in [0.5, 0.6) is 0 Å². The highest BCUT2D eigenvalue weighted by Gasteiger charge is 2.01. The topological polar surface area (TPSA) is 0 Å². The van der Waals surface area contributed by atoms with E-state index in [1.165, 1.54) is 11.1 Å². The summed E-state index contributed by atoms with van der Waals surface area (Å²) < 4.78 is 0. The number of aryl methyl sites for hydroxylation is 1.